The Morgan fingerprint density at radius 3 is 2.73 bits per heavy atom. The van der Waals surface area contributed by atoms with Crippen molar-refractivity contribution in [3.05, 3.63) is 23.4 Å². The maximum absolute atomic E-state index is 14.5. The highest BCUT2D eigenvalue weighted by Crippen LogP contribution is 2.38. The summed E-state index contributed by atoms with van der Waals surface area (Å²) in [6.45, 7) is 11.0. The molecule has 3 heterocycles. The summed E-state index contributed by atoms with van der Waals surface area (Å²) in [5, 5.41) is 0.186. The van der Waals surface area contributed by atoms with Crippen LogP contribution in [0.25, 0.3) is 11.2 Å². The zero-order valence-corrected chi connectivity index (χ0v) is 17.2. The van der Waals surface area contributed by atoms with Gasteiger partial charge < -0.3 is 14.9 Å². The van der Waals surface area contributed by atoms with E-state index in [9.17, 15) is 4.39 Å². The molecule has 0 amide bonds. The number of imidazole rings is 1. The predicted molar refractivity (Wildman–Crippen MR) is 101 cm³/mol. The van der Waals surface area contributed by atoms with Gasteiger partial charge in [0.25, 0.3) is 0 Å². The molecule has 0 saturated carbocycles. The summed E-state index contributed by atoms with van der Waals surface area (Å²) in [4.78, 5) is 12.1. The van der Waals surface area contributed by atoms with E-state index >= 15 is 0 Å². The van der Waals surface area contributed by atoms with Crippen molar-refractivity contribution in [3.63, 3.8) is 0 Å². The molecule has 1 aliphatic heterocycles. The van der Waals surface area contributed by atoms with Crippen LogP contribution in [0.1, 0.15) is 27.0 Å². The highest BCUT2D eigenvalue weighted by Gasteiger charge is 2.39. The third kappa shape index (κ3) is 3.48. The second-order valence-corrected chi connectivity index (χ2v) is 13.0. The zero-order valence-electron chi connectivity index (χ0n) is 15.5. The number of ether oxygens (including phenoxy) is 1. The normalized spacial score (nSPS) is 21.4. The monoisotopic (exact) mass is 399 g/mol. The van der Waals surface area contributed by atoms with E-state index in [-0.39, 0.29) is 16.1 Å². The average Bonchev–Trinajstić information content (AvgIpc) is 3.07. The number of hydrogen-bond acceptors (Lipinski definition) is 6. The van der Waals surface area contributed by atoms with Crippen LogP contribution in [-0.4, -0.2) is 40.5 Å². The second kappa shape index (κ2) is 6.56. The van der Waals surface area contributed by atoms with Crippen molar-refractivity contribution in [3.8, 4) is 0 Å². The van der Waals surface area contributed by atoms with Gasteiger partial charge in [-0.15, -0.1) is 0 Å². The van der Waals surface area contributed by atoms with Crippen LogP contribution in [0, 0.1) is 0 Å². The molecular formula is C16H23ClFN5O2Si. The Kier molecular flexibility index (Phi) is 4.85. The summed E-state index contributed by atoms with van der Waals surface area (Å²) in [6.07, 6.45) is 1.38. The molecule has 0 spiro atoms. The van der Waals surface area contributed by atoms with Crippen LogP contribution in [0.15, 0.2) is 18.2 Å². The molecule has 10 heteroatoms. The van der Waals surface area contributed by atoms with Gasteiger partial charge in [0.1, 0.15) is 17.4 Å². The van der Waals surface area contributed by atoms with E-state index in [1.54, 1.807) is 0 Å². The summed E-state index contributed by atoms with van der Waals surface area (Å²) in [5.41, 5.74) is 6.30. The van der Waals surface area contributed by atoms with Gasteiger partial charge in [-0.3, -0.25) is 4.57 Å². The SMILES string of the molecule is CC(C)(C)[Si](C)(C)OC[C@H]1C=C(F)[C@@H](n2cnc3c(Cl)nc(N)nc32)O1. The Morgan fingerprint density at radius 1 is 1.38 bits per heavy atom. The van der Waals surface area contributed by atoms with E-state index < -0.39 is 26.5 Å². The van der Waals surface area contributed by atoms with Crippen molar-refractivity contribution in [1.29, 1.82) is 0 Å². The van der Waals surface area contributed by atoms with Crippen molar-refractivity contribution in [2.45, 2.75) is 51.2 Å². The number of nitrogens with zero attached hydrogens (tertiary/aromatic N) is 4. The number of rotatable bonds is 4. The zero-order chi connectivity index (χ0) is 19.3. The molecule has 2 aromatic heterocycles. The summed E-state index contributed by atoms with van der Waals surface area (Å²) in [6, 6.07) is 0. The van der Waals surface area contributed by atoms with E-state index in [0.717, 1.165) is 0 Å². The lowest BCUT2D eigenvalue weighted by molar-refractivity contribution is -0.0150. The molecule has 26 heavy (non-hydrogen) atoms. The first-order chi connectivity index (χ1) is 12.0. The van der Waals surface area contributed by atoms with Crippen LogP contribution in [0.3, 0.4) is 0 Å². The number of anilines is 1. The molecule has 0 aromatic carbocycles. The van der Waals surface area contributed by atoms with Crippen molar-refractivity contribution >= 4 is 37.0 Å². The van der Waals surface area contributed by atoms with Crippen molar-refractivity contribution in [2.75, 3.05) is 12.3 Å². The molecule has 0 radical (unpaired) electrons. The maximum Gasteiger partial charge on any atom is 0.223 e. The Hall–Kier alpha value is -1.55. The van der Waals surface area contributed by atoms with Crippen molar-refractivity contribution in [1.82, 2.24) is 19.5 Å². The molecule has 2 atom stereocenters. The molecule has 142 valence electrons. The van der Waals surface area contributed by atoms with Crippen LogP contribution in [0.2, 0.25) is 23.3 Å². The number of hydrogen-bond donors (Lipinski definition) is 1. The lowest BCUT2D eigenvalue weighted by Gasteiger charge is -2.36. The molecule has 1 aliphatic rings. The van der Waals surface area contributed by atoms with Gasteiger partial charge >= 0.3 is 0 Å². The fraction of sp³-hybridized carbons (Fsp3) is 0.562. The van der Waals surface area contributed by atoms with Gasteiger partial charge in [-0.1, -0.05) is 32.4 Å². The fourth-order valence-corrected chi connectivity index (χ4v) is 3.63. The van der Waals surface area contributed by atoms with Gasteiger partial charge in [-0.25, -0.2) is 9.37 Å². The van der Waals surface area contributed by atoms with Gasteiger partial charge in [-0.2, -0.15) is 9.97 Å². The first-order valence-electron chi connectivity index (χ1n) is 8.32. The minimum absolute atomic E-state index is 0.00977. The summed E-state index contributed by atoms with van der Waals surface area (Å²) in [7, 11) is -1.95. The molecule has 3 rings (SSSR count). The van der Waals surface area contributed by atoms with Crippen LogP contribution in [0.4, 0.5) is 10.3 Å². The summed E-state index contributed by atoms with van der Waals surface area (Å²) in [5.74, 6) is -0.439. The average molecular weight is 400 g/mol. The van der Waals surface area contributed by atoms with Crippen LogP contribution < -0.4 is 5.73 Å². The van der Waals surface area contributed by atoms with E-state index in [0.29, 0.717) is 17.8 Å². The van der Waals surface area contributed by atoms with E-state index in [2.05, 4.69) is 48.8 Å². The number of halogens is 2. The van der Waals surface area contributed by atoms with E-state index in [1.165, 1.54) is 17.0 Å². The Bertz CT molecular complexity index is 864. The lowest BCUT2D eigenvalue weighted by Crippen LogP contribution is -2.42. The quantitative estimate of drug-likeness (QED) is 0.620. The highest BCUT2D eigenvalue weighted by atomic mass is 35.5. The van der Waals surface area contributed by atoms with Crippen LogP contribution >= 0.6 is 11.6 Å². The standard InChI is InChI=1S/C16H23ClFN5O2Si/c1-16(2,3)26(4,5)24-7-9-6-10(18)14(25-9)23-8-20-11-12(17)21-15(19)22-13(11)23/h6,8-9,14H,7H2,1-5H3,(H2,19,21,22)/t9-,14+/m1/s1. The molecule has 2 aromatic rings. The van der Waals surface area contributed by atoms with Gasteiger partial charge in [-0.05, 0) is 24.2 Å². The molecule has 2 N–H and O–H groups in total. The maximum atomic E-state index is 14.5. The smallest absolute Gasteiger partial charge is 0.223 e. The minimum atomic E-state index is -1.95. The highest BCUT2D eigenvalue weighted by molar-refractivity contribution is 6.74. The van der Waals surface area contributed by atoms with E-state index in [1.807, 2.05) is 0 Å². The van der Waals surface area contributed by atoms with Gasteiger partial charge in [0, 0.05) is 0 Å². The Morgan fingerprint density at radius 2 is 2.08 bits per heavy atom. The van der Waals surface area contributed by atoms with Gasteiger partial charge in [0.2, 0.25) is 5.95 Å². The third-order valence-electron chi connectivity index (χ3n) is 4.95. The molecule has 0 saturated heterocycles. The molecular weight excluding hydrogens is 377 g/mol. The number of aromatic nitrogens is 4. The number of fused-ring (bicyclic) bond motifs is 1. The lowest BCUT2D eigenvalue weighted by atomic mass is 10.2. The first-order valence-corrected chi connectivity index (χ1v) is 11.6. The third-order valence-corrected chi connectivity index (χ3v) is 9.71. The van der Waals surface area contributed by atoms with E-state index in [4.69, 9.17) is 26.5 Å². The van der Waals surface area contributed by atoms with Gasteiger partial charge in [0.15, 0.2) is 25.3 Å². The largest absolute Gasteiger partial charge is 0.414 e. The number of nitrogens with two attached hydrogens (primary N) is 1. The minimum Gasteiger partial charge on any atom is -0.414 e. The predicted octanol–water partition coefficient (Wildman–Crippen LogP) is 3.83. The molecule has 0 fully saturated rings. The Labute approximate surface area is 157 Å². The fourth-order valence-electron chi connectivity index (χ4n) is 2.39. The molecule has 0 unspecified atom stereocenters. The topological polar surface area (TPSA) is 88.1 Å². The van der Waals surface area contributed by atoms with Crippen molar-refractivity contribution < 1.29 is 13.6 Å². The second-order valence-electron chi connectivity index (χ2n) is 7.85. The van der Waals surface area contributed by atoms with Gasteiger partial charge in [0.05, 0.1) is 12.9 Å². The number of nitrogen functional groups attached to an aromatic ring is 1. The summed E-state index contributed by atoms with van der Waals surface area (Å²) >= 11 is 6.02. The van der Waals surface area contributed by atoms with Crippen molar-refractivity contribution in [2.24, 2.45) is 0 Å². The van der Waals surface area contributed by atoms with Crippen LogP contribution in [-0.2, 0) is 9.16 Å². The molecule has 0 aliphatic carbocycles. The molecule has 7 nitrogen and oxygen atoms in total. The Balaban J connectivity index is 1.78. The molecule has 0 bridgehead atoms. The van der Waals surface area contributed by atoms with Crippen LogP contribution in [0.5, 0.6) is 0 Å². The first kappa shape index (κ1) is 19.2. The summed E-state index contributed by atoms with van der Waals surface area (Å²) < 4.78 is 27.9.